The summed E-state index contributed by atoms with van der Waals surface area (Å²) in [4.78, 5) is 23.3. The van der Waals surface area contributed by atoms with Crippen molar-refractivity contribution < 1.29 is 18.4 Å². The molecule has 0 unspecified atom stereocenters. The van der Waals surface area contributed by atoms with Crippen molar-refractivity contribution in [3.63, 3.8) is 0 Å². The van der Waals surface area contributed by atoms with Gasteiger partial charge in [0.1, 0.15) is 6.29 Å². The van der Waals surface area contributed by atoms with E-state index < -0.39 is 8.32 Å². The molecular weight excluding hydrogens is 392 g/mol. The number of fused-ring (bicyclic) bond motifs is 4. The van der Waals surface area contributed by atoms with Gasteiger partial charge in [0.2, 0.25) is 0 Å². The highest BCUT2D eigenvalue weighted by Gasteiger charge is 2.40. The van der Waals surface area contributed by atoms with Crippen LogP contribution in [0.3, 0.4) is 0 Å². The summed E-state index contributed by atoms with van der Waals surface area (Å²) in [5, 5.41) is 3.05. The van der Waals surface area contributed by atoms with E-state index in [1.807, 2.05) is 12.1 Å². The second kappa shape index (κ2) is 6.95. The van der Waals surface area contributed by atoms with E-state index in [-0.39, 0.29) is 10.8 Å². The lowest BCUT2D eigenvalue weighted by atomic mass is 9.93. The first-order chi connectivity index (χ1) is 14.1. The highest BCUT2D eigenvalue weighted by Crippen LogP contribution is 2.47. The summed E-state index contributed by atoms with van der Waals surface area (Å²) in [5.74, 6) is 0.937. The molecule has 0 fully saturated rings. The van der Waals surface area contributed by atoms with Crippen molar-refractivity contribution in [3.8, 4) is 5.75 Å². The number of rotatable bonds is 4. The number of Topliss-reactive ketones (excluding diaryl/α,β-unsaturated/α-hetero) is 1. The Balaban J connectivity index is 2.13. The molecule has 0 saturated carbocycles. The van der Waals surface area contributed by atoms with Crippen LogP contribution in [0.4, 0.5) is 0 Å². The van der Waals surface area contributed by atoms with E-state index in [4.69, 9.17) is 8.84 Å². The summed E-state index contributed by atoms with van der Waals surface area (Å²) in [7, 11) is -2.18. The molecule has 1 aliphatic rings. The van der Waals surface area contributed by atoms with Gasteiger partial charge in [-0.1, -0.05) is 32.9 Å². The summed E-state index contributed by atoms with van der Waals surface area (Å²) in [6.07, 6.45) is 6.95. The SMILES string of the molecule is Cc1c2ccc3c(c2c(O[Si](C)(C)C(C)(C)C)c2occ(/C=C/C=O)c12)CCC3=O. The van der Waals surface area contributed by atoms with Crippen LogP contribution < -0.4 is 4.43 Å². The van der Waals surface area contributed by atoms with Crippen LogP contribution >= 0.6 is 0 Å². The first kappa shape index (κ1) is 20.6. The van der Waals surface area contributed by atoms with E-state index in [1.54, 1.807) is 12.3 Å². The number of hydrogen-bond acceptors (Lipinski definition) is 4. The molecule has 3 aromatic rings. The van der Waals surface area contributed by atoms with Gasteiger partial charge in [-0.05, 0) is 60.1 Å². The van der Waals surface area contributed by atoms with Gasteiger partial charge in [-0.15, -0.1) is 0 Å². The van der Waals surface area contributed by atoms with Crippen molar-refractivity contribution in [1.29, 1.82) is 0 Å². The Morgan fingerprint density at radius 1 is 1.13 bits per heavy atom. The number of ketones is 1. The van der Waals surface area contributed by atoms with E-state index in [0.717, 1.165) is 56.9 Å². The molecule has 4 nitrogen and oxygen atoms in total. The van der Waals surface area contributed by atoms with Crippen molar-refractivity contribution in [2.75, 3.05) is 0 Å². The molecule has 0 radical (unpaired) electrons. The predicted molar refractivity (Wildman–Crippen MR) is 124 cm³/mol. The second-order valence-corrected chi connectivity index (χ2v) is 14.4. The summed E-state index contributed by atoms with van der Waals surface area (Å²) >= 11 is 0. The van der Waals surface area contributed by atoms with E-state index in [2.05, 4.69) is 40.8 Å². The van der Waals surface area contributed by atoms with Crippen LogP contribution in [0, 0.1) is 6.92 Å². The lowest BCUT2D eigenvalue weighted by molar-refractivity contribution is -0.104. The highest BCUT2D eigenvalue weighted by atomic mass is 28.4. The van der Waals surface area contributed by atoms with Crippen LogP contribution in [0.15, 0.2) is 28.9 Å². The van der Waals surface area contributed by atoms with Crippen molar-refractivity contribution >= 4 is 48.2 Å². The van der Waals surface area contributed by atoms with Crippen LogP contribution in [0.2, 0.25) is 18.1 Å². The number of furan rings is 1. The fraction of sp³-hybridized carbons (Fsp3) is 0.360. The first-order valence-corrected chi connectivity index (χ1v) is 13.3. The van der Waals surface area contributed by atoms with Gasteiger partial charge in [-0.25, -0.2) is 0 Å². The Bertz CT molecular complexity index is 1220. The van der Waals surface area contributed by atoms with Crippen LogP contribution in [0.5, 0.6) is 5.75 Å². The van der Waals surface area contributed by atoms with Crippen LogP contribution in [0.25, 0.3) is 27.8 Å². The number of carbonyl (C=O) groups is 2. The van der Waals surface area contributed by atoms with Gasteiger partial charge in [0.15, 0.2) is 17.1 Å². The molecule has 30 heavy (non-hydrogen) atoms. The minimum absolute atomic E-state index is 0.0111. The number of carbonyl (C=O) groups excluding carboxylic acids is 2. The Morgan fingerprint density at radius 3 is 2.53 bits per heavy atom. The molecule has 0 aliphatic heterocycles. The van der Waals surface area contributed by atoms with Crippen LogP contribution in [-0.2, 0) is 11.2 Å². The number of aldehydes is 1. The first-order valence-electron chi connectivity index (χ1n) is 10.4. The van der Waals surface area contributed by atoms with E-state index in [9.17, 15) is 9.59 Å². The average Bonchev–Trinajstić information content (AvgIpc) is 3.26. The lowest BCUT2D eigenvalue weighted by Crippen LogP contribution is -2.44. The van der Waals surface area contributed by atoms with Gasteiger partial charge in [0.05, 0.1) is 6.26 Å². The fourth-order valence-corrected chi connectivity index (χ4v) is 5.07. The monoisotopic (exact) mass is 420 g/mol. The molecule has 1 aliphatic carbocycles. The third-order valence-electron chi connectivity index (χ3n) is 6.76. The number of hydrogen-bond donors (Lipinski definition) is 0. The van der Waals surface area contributed by atoms with Crippen LogP contribution in [-0.4, -0.2) is 20.4 Å². The van der Waals surface area contributed by atoms with Crippen molar-refractivity contribution in [2.24, 2.45) is 0 Å². The Morgan fingerprint density at radius 2 is 1.87 bits per heavy atom. The van der Waals surface area contributed by atoms with Crippen molar-refractivity contribution in [1.82, 2.24) is 0 Å². The predicted octanol–water partition coefficient (Wildman–Crippen LogP) is 6.62. The maximum absolute atomic E-state index is 12.4. The summed E-state index contributed by atoms with van der Waals surface area (Å²) in [5.41, 5.74) is 4.49. The van der Waals surface area contributed by atoms with Gasteiger partial charge >= 0.3 is 0 Å². The summed E-state index contributed by atoms with van der Waals surface area (Å²) < 4.78 is 12.9. The van der Waals surface area contributed by atoms with Crippen molar-refractivity contribution in [3.05, 3.63) is 46.7 Å². The molecule has 5 heteroatoms. The Kier molecular flexibility index (Phi) is 4.77. The van der Waals surface area contributed by atoms with Crippen LogP contribution in [0.1, 0.15) is 54.2 Å². The number of allylic oxidation sites excluding steroid dienone is 1. The zero-order valence-electron chi connectivity index (χ0n) is 18.5. The standard InChI is InChI=1S/C25H28O4Si/c1-15-17-9-10-18-19(11-12-20(18)27)22(17)24(29-30(5,6)25(2,3)4)23-21(15)16(14-28-23)8-7-13-26/h7-10,13-14H,11-12H2,1-6H3/b8-7+. The minimum Gasteiger partial charge on any atom is -0.541 e. The molecule has 0 bridgehead atoms. The molecule has 0 amide bonds. The molecule has 0 N–H and O–H groups in total. The molecule has 4 rings (SSSR count). The second-order valence-electron chi connectivity index (χ2n) is 9.64. The van der Waals surface area contributed by atoms with Gasteiger partial charge < -0.3 is 8.84 Å². The molecule has 0 spiro atoms. The minimum atomic E-state index is -2.18. The number of aryl methyl sites for hydroxylation is 2. The summed E-state index contributed by atoms with van der Waals surface area (Å²) in [6.45, 7) is 13.1. The van der Waals surface area contributed by atoms with Gasteiger partial charge in [-0.2, -0.15) is 0 Å². The topological polar surface area (TPSA) is 56.5 Å². The van der Waals surface area contributed by atoms with Gasteiger partial charge in [0, 0.05) is 28.3 Å². The maximum Gasteiger partial charge on any atom is 0.250 e. The van der Waals surface area contributed by atoms with E-state index in [0.29, 0.717) is 12.0 Å². The Hall–Kier alpha value is -2.66. The molecule has 0 saturated heterocycles. The normalized spacial score (nSPS) is 14.8. The maximum atomic E-state index is 12.4. The third kappa shape index (κ3) is 3.03. The lowest BCUT2D eigenvalue weighted by Gasteiger charge is -2.37. The van der Waals surface area contributed by atoms with Gasteiger partial charge in [-0.3, -0.25) is 9.59 Å². The zero-order chi connectivity index (χ0) is 21.8. The Labute approximate surface area is 178 Å². The van der Waals surface area contributed by atoms with Crippen molar-refractivity contribution in [2.45, 2.75) is 58.7 Å². The number of benzene rings is 2. The quantitative estimate of drug-likeness (QED) is 0.270. The molecule has 1 heterocycles. The van der Waals surface area contributed by atoms with E-state index >= 15 is 0 Å². The molecule has 0 atom stereocenters. The highest BCUT2D eigenvalue weighted by molar-refractivity contribution is 6.75. The molecule has 156 valence electrons. The molecule has 1 aromatic heterocycles. The zero-order valence-corrected chi connectivity index (χ0v) is 19.5. The molecular formula is C25H28O4Si. The fourth-order valence-electron chi connectivity index (χ4n) is 4.06. The van der Waals surface area contributed by atoms with E-state index in [1.165, 1.54) is 6.08 Å². The van der Waals surface area contributed by atoms with Gasteiger partial charge in [0.25, 0.3) is 8.32 Å². The summed E-state index contributed by atoms with van der Waals surface area (Å²) in [6, 6.07) is 3.98. The smallest absolute Gasteiger partial charge is 0.250 e. The third-order valence-corrected chi connectivity index (χ3v) is 11.1. The average molecular weight is 421 g/mol. The largest absolute Gasteiger partial charge is 0.541 e. The molecule has 2 aromatic carbocycles.